The lowest BCUT2D eigenvalue weighted by Crippen LogP contribution is -2.17. The van der Waals surface area contributed by atoms with Gasteiger partial charge in [-0.2, -0.15) is 5.10 Å². The van der Waals surface area contributed by atoms with E-state index < -0.39 is 0 Å². The first-order valence-corrected chi connectivity index (χ1v) is 7.23. The van der Waals surface area contributed by atoms with Gasteiger partial charge in [0.2, 0.25) is 0 Å². The van der Waals surface area contributed by atoms with Crippen molar-refractivity contribution >= 4 is 0 Å². The van der Waals surface area contributed by atoms with Gasteiger partial charge < -0.3 is 5.11 Å². The van der Waals surface area contributed by atoms with Crippen LogP contribution in [0, 0.1) is 6.92 Å². The number of nitrogens with zero attached hydrogens (tertiary/aromatic N) is 2. The van der Waals surface area contributed by atoms with Crippen molar-refractivity contribution in [2.75, 3.05) is 0 Å². The van der Waals surface area contributed by atoms with Crippen LogP contribution in [0.25, 0.3) is 5.69 Å². The van der Waals surface area contributed by atoms with Gasteiger partial charge >= 0.3 is 0 Å². The molecule has 1 aromatic heterocycles. The van der Waals surface area contributed by atoms with Crippen LogP contribution in [-0.4, -0.2) is 14.9 Å². The number of benzene rings is 1. The third kappa shape index (κ3) is 2.72. The normalized spacial score (nSPS) is 11.8. The molecule has 2 aromatic rings. The second-order valence-electron chi connectivity index (χ2n) is 6.39. The van der Waals surface area contributed by atoms with Gasteiger partial charge in [0, 0.05) is 5.41 Å². The lowest BCUT2D eigenvalue weighted by Gasteiger charge is -2.20. The van der Waals surface area contributed by atoms with E-state index in [1.165, 1.54) is 5.56 Å². The highest BCUT2D eigenvalue weighted by Gasteiger charge is 2.27. The van der Waals surface area contributed by atoms with E-state index in [-0.39, 0.29) is 5.41 Å². The van der Waals surface area contributed by atoms with Crippen LogP contribution in [0.15, 0.2) is 24.3 Å². The van der Waals surface area contributed by atoms with E-state index >= 15 is 0 Å². The molecule has 0 radical (unpaired) electrons. The molecule has 2 rings (SSSR count). The molecule has 0 bridgehead atoms. The zero-order valence-corrected chi connectivity index (χ0v) is 13.1. The van der Waals surface area contributed by atoms with Crippen LogP contribution in [0.1, 0.15) is 51.1 Å². The molecule has 0 fully saturated rings. The molecule has 0 aliphatic rings. The van der Waals surface area contributed by atoms with E-state index in [2.05, 4.69) is 51.9 Å². The van der Waals surface area contributed by atoms with E-state index in [4.69, 9.17) is 0 Å². The first kappa shape index (κ1) is 14.6. The maximum atomic E-state index is 10.5. The Balaban J connectivity index is 2.62. The summed E-state index contributed by atoms with van der Waals surface area (Å²) in [6, 6.07) is 8.24. The average Bonchev–Trinajstić information content (AvgIpc) is 2.68. The maximum Gasteiger partial charge on any atom is 0.161 e. The molecule has 3 nitrogen and oxygen atoms in total. The van der Waals surface area contributed by atoms with E-state index in [0.717, 1.165) is 29.9 Å². The van der Waals surface area contributed by atoms with Gasteiger partial charge in [0.15, 0.2) is 5.75 Å². The number of aromatic nitrogens is 2. The molecule has 0 aliphatic carbocycles. The Bertz CT molecular complexity index is 589. The van der Waals surface area contributed by atoms with E-state index in [0.29, 0.717) is 5.75 Å². The van der Waals surface area contributed by atoms with Crippen molar-refractivity contribution in [1.29, 1.82) is 0 Å². The van der Waals surface area contributed by atoms with Crippen molar-refractivity contribution in [2.24, 2.45) is 0 Å². The summed E-state index contributed by atoms with van der Waals surface area (Å²) in [6.45, 7) is 10.5. The summed E-state index contributed by atoms with van der Waals surface area (Å²) in [7, 11) is 0. The minimum atomic E-state index is -0.159. The van der Waals surface area contributed by atoms with Crippen LogP contribution < -0.4 is 0 Å². The van der Waals surface area contributed by atoms with Crippen LogP contribution in [-0.2, 0) is 11.8 Å². The third-order valence-corrected chi connectivity index (χ3v) is 3.41. The number of hydrogen-bond acceptors (Lipinski definition) is 2. The number of rotatable bonds is 3. The van der Waals surface area contributed by atoms with Crippen molar-refractivity contribution < 1.29 is 5.11 Å². The van der Waals surface area contributed by atoms with Gasteiger partial charge in [-0.1, -0.05) is 51.8 Å². The molecule has 20 heavy (non-hydrogen) atoms. The number of hydrogen-bond donors (Lipinski definition) is 1. The molecular weight excluding hydrogens is 248 g/mol. The smallest absolute Gasteiger partial charge is 0.161 e. The van der Waals surface area contributed by atoms with Crippen molar-refractivity contribution in [3.8, 4) is 11.4 Å². The summed E-state index contributed by atoms with van der Waals surface area (Å²) in [5, 5.41) is 15.1. The van der Waals surface area contributed by atoms with Crippen molar-refractivity contribution in [1.82, 2.24) is 9.78 Å². The third-order valence-electron chi connectivity index (χ3n) is 3.41. The van der Waals surface area contributed by atoms with Crippen LogP contribution >= 0.6 is 0 Å². The SMILES string of the molecule is CCCc1nn(-c2ccc(C)cc2)c(C(C)(C)C)c1O. The predicted octanol–water partition coefficient (Wildman–Crippen LogP) is 4.14. The summed E-state index contributed by atoms with van der Waals surface area (Å²) in [6.07, 6.45) is 1.77. The van der Waals surface area contributed by atoms with Gasteiger partial charge in [0.05, 0.1) is 11.4 Å². The highest BCUT2D eigenvalue weighted by atomic mass is 16.3. The Morgan fingerprint density at radius 1 is 1.15 bits per heavy atom. The first-order valence-electron chi connectivity index (χ1n) is 7.23. The molecule has 1 heterocycles. The average molecular weight is 272 g/mol. The Labute approximate surface area is 121 Å². The molecule has 0 atom stereocenters. The Morgan fingerprint density at radius 2 is 1.75 bits per heavy atom. The molecular formula is C17H24N2O. The number of aromatic hydroxyl groups is 1. The van der Waals surface area contributed by atoms with Gasteiger partial charge in [-0.25, -0.2) is 4.68 Å². The second kappa shape index (κ2) is 5.31. The van der Waals surface area contributed by atoms with Gasteiger partial charge in [-0.05, 0) is 25.5 Å². The minimum absolute atomic E-state index is 0.159. The van der Waals surface area contributed by atoms with Crippen LogP contribution in [0.4, 0.5) is 0 Å². The summed E-state index contributed by atoms with van der Waals surface area (Å²) in [5.41, 5.74) is 3.73. The highest BCUT2D eigenvalue weighted by Crippen LogP contribution is 2.35. The van der Waals surface area contributed by atoms with Crippen molar-refractivity contribution in [3.05, 3.63) is 41.2 Å². The molecule has 0 unspecified atom stereocenters. The van der Waals surface area contributed by atoms with Gasteiger partial charge in [-0.15, -0.1) is 0 Å². The Hall–Kier alpha value is -1.77. The predicted molar refractivity (Wildman–Crippen MR) is 82.7 cm³/mol. The quantitative estimate of drug-likeness (QED) is 0.912. The van der Waals surface area contributed by atoms with Crippen LogP contribution in [0.3, 0.4) is 0 Å². The standard InChI is InChI=1S/C17H24N2O/c1-6-7-14-15(20)16(17(3,4)5)19(18-14)13-10-8-12(2)9-11-13/h8-11,20H,6-7H2,1-5H3. The van der Waals surface area contributed by atoms with Gasteiger partial charge in [0.1, 0.15) is 5.69 Å². The highest BCUT2D eigenvalue weighted by molar-refractivity contribution is 5.44. The molecule has 1 N–H and O–H groups in total. The first-order chi connectivity index (χ1) is 9.34. The molecule has 108 valence electrons. The van der Waals surface area contributed by atoms with Crippen molar-refractivity contribution in [3.63, 3.8) is 0 Å². The van der Waals surface area contributed by atoms with Crippen LogP contribution in [0.5, 0.6) is 5.75 Å². The molecule has 0 amide bonds. The van der Waals surface area contributed by atoms with E-state index in [9.17, 15) is 5.11 Å². The summed E-state index contributed by atoms with van der Waals surface area (Å²) in [4.78, 5) is 0. The summed E-state index contributed by atoms with van der Waals surface area (Å²) >= 11 is 0. The minimum Gasteiger partial charge on any atom is -0.504 e. The fourth-order valence-electron chi connectivity index (χ4n) is 2.41. The zero-order chi connectivity index (χ0) is 14.9. The fraction of sp³-hybridized carbons (Fsp3) is 0.471. The molecule has 0 saturated heterocycles. The largest absolute Gasteiger partial charge is 0.504 e. The Kier molecular flexibility index (Phi) is 3.89. The topological polar surface area (TPSA) is 38.0 Å². The lowest BCUT2D eigenvalue weighted by atomic mass is 9.90. The lowest BCUT2D eigenvalue weighted by molar-refractivity contribution is 0.435. The van der Waals surface area contributed by atoms with E-state index in [1.807, 2.05) is 16.8 Å². The maximum absolute atomic E-state index is 10.5. The van der Waals surface area contributed by atoms with E-state index in [1.54, 1.807) is 0 Å². The Morgan fingerprint density at radius 3 is 2.25 bits per heavy atom. The van der Waals surface area contributed by atoms with Gasteiger partial charge in [0.25, 0.3) is 0 Å². The molecule has 3 heteroatoms. The number of aryl methyl sites for hydroxylation is 2. The fourth-order valence-corrected chi connectivity index (χ4v) is 2.41. The molecule has 1 aromatic carbocycles. The molecule has 0 aliphatic heterocycles. The summed E-state index contributed by atoms with van der Waals surface area (Å²) in [5.74, 6) is 0.347. The second-order valence-corrected chi connectivity index (χ2v) is 6.39. The molecule has 0 saturated carbocycles. The zero-order valence-electron chi connectivity index (χ0n) is 13.1. The monoisotopic (exact) mass is 272 g/mol. The van der Waals surface area contributed by atoms with Crippen LogP contribution in [0.2, 0.25) is 0 Å². The van der Waals surface area contributed by atoms with Crippen molar-refractivity contribution in [2.45, 2.75) is 52.9 Å². The molecule has 0 spiro atoms. The van der Waals surface area contributed by atoms with Gasteiger partial charge in [-0.3, -0.25) is 0 Å². The summed E-state index contributed by atoms with van der Waals surface area (Å²) < 4.78 is 1.89.